The Morgan fingerprint density at radius 3 is 2.31 bits per heavy atom. The van der Waals surface area contributed by atoms with Gasteiger partial charge in [0.25, 0.3) is 0 Å². The van der Waals surface area contributed by atoms with Gasteiger partial charge in [-0.2, -0.15) is 13.2 Å². The van der Waals surface area contributed by atoms with Crippen LogP contribution in [-0.2, 0) is 6.42 Å². The molecule has 13 heavy (non-hydrogen) atoms. The molecule has 1 aromatic carbocycles. The van der Waals surface area contributed by atoms with Crippen LogP contribution >= 0.6 is 23.2 Å². The average molecular weight is 229 g/mol. The maximum atomic E-state index is 12.0. The van der Waals surface area contributed by atoms with Crippen LogP contribution in [0.2, 0.25) is 10.0 Å². The Balaban J connectivity index is 2.96. The lowest BCUT2D eigenvalue weighted by Crippen LogP contribution is -2.11. The normalized spacial score (nSPS) is 11.8. The van der Waals surface area contributed by atoms with Crippen LogP contribution < -0.4 is 0 Å². The Kier molecular flexibility index (Phi) is 3.09. The van der Waals surface area contributed by atoms with Gasteiger partial charge in [-0.3, -0.25) is 0 Å². The van der Waals surface area contributed by atoms with Gasteiger partial charge >= 0.3 is 6.18 Å². The maximum absolute atomic E-state index is 12.0. The van der Waals surface area contributed by atoms with E-state index in [2.05, 4.69) is 0 Å². The first-order valence-corrected chi connectivity index (χ1v) is 4.15. The van der Waals surface area contributed by atoms with Crippen molar-refractivity contribution in [3.63, 3.8) is 0 Å². The largest absolute Gasteiger partial charge is 0.393 e. The van der Waals surface area contributed by atoms with Crippen molar-refractivity contribution in [3.8, 4) is 0 Å². The van der Waals surface area contributed by atoms with Crippen LogP contribution in [0.25, 0.3) is 0 Å². The molecule has 0 aliphatic rings. The van der Waals surface area contributed by atoms with E-state index in [1.165, 1.54) is 18.2 Å². The van der Waals surface area contributed by atoms with Crippen LogP contribution in [-0.4, -0.2) is 6.18 Å². The maximum Gasteiger partial charge on any atom is 0.393 e. The van der Waals surface area contributed by atoms with Gasteiger partial charge in [-0.15, -0.1) is 0 Å². The quantitative estimate of drug-likeness (QED) is 0.679. The topological polar surface area (TPSA) is 0 Å². The first-order chi connectivity index (χ1) is 5.90. The van der Waals surface area contributed by atoms with Crippen LogP contribution in [0.4, 0.5) is 13.2 Å². The summed E-state index contributed by atoms with van der Waals surface area (Å²) in [5.41, 5.74) is 0.00154. The zero-order valence-electron chi connectivity index (χ0n) is 6.33. The second-order valence-electron chi connectivity index (χ2n) is 2.50. The average Bonchev–Trinajstić information content (AvgIpc) is 1.96. The Morgan fingerprint density at radius 1 is 1.15 bits per heavy atom. The Labute approximate surface area is 83.3 Å². The minimum atomic E-state index is -4.26. The molecule has 0 fully saturated rings. The minimum absolute atomic E-state index is 0.00154. The number of alkyl halides is 3. The molecule has 0 aliphatic heterocycles. The molecule has 0 nitrogen and oxygen atoms in total. The minimum Gasteiger partial charge on any atom is -0.171 e. The summed E-state index contributed by atoms with van der Waals surface area (Å²) in [5, 5.41) is 0.116. The molecule has 0 aromatic heterocycles. The SMILES string of the molecule is FC(F)(F)Cc1cccc(Cl)c1Cl. The second-order valence-corrected chi connectivity index (χ2v) is 3.29. The predicted octanol–water partition coefficient (Wildman–Crippen LogP) is 4.10. The van der Waals surface area contributed by atoms with E-state index in [1.54, 1.807) is 0 Å². The first-order valence-electron chi connectivity index (χ1n) is 3.40. The highest BCUT2D eigenvalue weighted by atomic mass is 35.5. The van der Waals surface area contributed by atoms with E-state index in [0.717, 1.165) is 0 Å². The third-order valence-electron chi connectivity index (χ3n) is 1.42. The third kappa shape index (κ3) is 3.08. The lowest BCUT2D eigenvalue weighted by molar-refractivity contribution is -0.127. The van der Waals surface area contributed by atoms with E-state index in [-0.39, 0.29) is 15.6 Å². The van der Waals surface area contributed by atoms with Gasteiger partial charge in [0.05, 0.1) is 16.5 Å². The number of rotatable bonds is 1. The molecular formula is C8H5Cl2F3. The Morgan fingerprint density at radius 2 is 1.77 bits per heavy atom. The number of hydrogen-bond donors (Lipinski definition) is 0. The fourth-order valence-corrected chi connectivity index (χ4v) is 1.29. The summed E-state index contributed by atoms with van der Waals surface area (Å²) in [4.78, 5) is 0. The van der Waals surface area contributed by atoms with Gasteiger partial charge in [-0.05, 0) is 11.6 Å². The molecule has 1 aromatic rings. The van der Waals surface area contributed by atoms with Crippen molar-refractivity contribution >= 4 is 23.2 Å². The number of benzene rings is 1. The van der Waals surface area contributed by atoms with Gasteiger partial charge in [-0.1, -0.05) is 35.3 Å². The van der Waals surface area contributed by atoms with E-state index in [0.29, 0.717) is 0 Å². The lowest BCUT2D eigenvalue weighted by Gasteiger charge is -2.08. The van der Waals surface area contributed by atoms with Crippen LogP contribution in [0.15, 0.2) is 18.2 Å². The highest BCUT2D eigenvalue weighted by Crippen LogP contribution is 2.30. The number of hydrogen-bond acceptors (Lipinski definition) is 0. The van der Waals surface area contributed by atoms with Crippen molar-refractivity contribution < 1.29 is 13.2 Å². The smallest absolute Gasteiger partial charge is 0.171 e. The highest BCUT2D eigenvalue weighted by Gasteiger charge is 2.28. The second kappa shape index (κ2) is 3.76. The molecule has 0 spiro atoms. The molecule has 0 saturated carbocycles. The molecule has 0 bridgehead atoms. The molecule has 0 aliphatic carbocycles. The summed E-state index contributed by atoms with van der Waals surface area (Å²) in [6.07, 6.45) is -5.30. The van der Waals surface area contributed by atoms with Crippen molar-refractivity contribution in [1.29, 1.82) is 0 Å². The fraction of sp³-hybridized carbons (Fsp3) is 0.250. The highest BCUT2D eigenvalue weighted by molar-refractivity contribution is 6.42. The molecule has 0 atom stereocenters. The molecule has 72 valence electrons. The standard InChI is InChI=1S/C8H5Cl2F3/c9-6-3-1-2-5(7(6)10)4-8(11,12)13/h1-3H,4H2. The zero-order chi connectivity index (χ0) is 10.1. The molecule has 0 heterocycles. The summed E-state index contributed by atoms with van der Waals surface area (Å²) in [6.45, 7) is 0. The van der Waals surface area contributed by atoms with E-state index in [9.17, 15) is 13.2 Å². The predicted molar refractivity (Wildman–Crippen MR) is 46.2 cm³/mol. The summed E-state index contributed by atoms with van der Waals surface area (Å²) in [5.74, 6) is 0. The molecule has 0 amide bonds. The van der Waals surface area contributed by atoms with Gasteiger partial charge in [0, 0.05) is 0 Å². The van der Waals surface area contributed by atoms with Crippen LogP contribution in [0.3, 0.4) is 0 Å². The van der Waals surface area contributed by atoms with Crippen molar-refractivity contribution in [2.45, 2.75) is 12.6 Å². The molecule has 0 unspecified atom stereocenters. The Hall–Kier alpha value is -0.410. The van der Waals surface area contributed by atoms with Gasteiger partial charge in [0.1, 0.15) is 0 Å². The van der Waals surface area contributed by atoms with Gasteiger partial charge in [0.2, 0.25) is 0 Å². The molecule has 1 rings (SSSR count). The van der Waals surface area contributed by atoms with Crippen molar-refractivity contribution in [1.82, 2.24) is 0 Å². The monoisotopic (exact) mass is 228 g/mol. The van der Waals surface area contributed by atoms with E-state index >= 15 is 0 Å². The van der Waals surface area contributed by atoms with Gasteiger partial charge in [0.15, 0.2) is 0 Å². The van der Waals surface area contributed by atoms with Crippen LogP contribution in [0.1, 0.15) is 5.56 Å². The summed E-state index contributed by atoms with van der Waals surface area (Å²) in [6, 6.07) is 4.20. The van der Waals surface area contributed by atoms with Crippen molar-refractivity contribution in [2.75, 3.05) is 0 Å². The Bertz CT molecular complexity index is 307. The zero-order valence-corrected chi connectivity index (χ0v) is 7.84. The van der Waals surface area contributed by atoms with Gasteiger partial charge in [-0.25, -0.2) is 0 Å². The first kappa shape index (κ1) is 10.7. The summed E-state index contributed by atoms with van der Waals surface area (Å²) in [7, 11) is 0. The summed E-state index contributed by atoms with van der Waals surface area (Å²) < 4.78 is 35.9. The molecule has 0 saturated heterocycles. The molecular weight excluding hydrogens is 224 g/mol. The molecule has 0 radical (unpaired) electrons. The van der Waals surface area contributed by atoms with Crippen LogP contribution in [0.5, 0.6) is 0 Å². The van der Waals surface area contributed by atoms with E-state index in [4.69, 9.17) is 23.2 Å². The molecule has 5 heteroatoms. The van der Waals surface area contributed by atoms with Gasteiger partial charge < -0.3 is 0 Å². The fourth-order valence-electron chi connectivity index (χ4n) is 0.901. The van der Waals surface area contributed by atoms with Crippen molar-refractivity contribution in [2.24, 2.45) is 0 Å². The lowest BCUT2D eigenvalue weighted by atomic mass is 10.1. The third-order valence-corrected chi connectivity index (χ3v) is 2.28. The van der Waals surface area contributed by atoms with E-state index < -0.39 is 12.6 Å². The summed E-state index contributed by atoms with van der Waals surface area (Å²) >= 11 is 11.1. The molecule has 0 N–H and O–H groups in total. The van der Waals surface area contributed by atoms with Crippen LogP contribution in [0, 0.1) is 0 Å². The van der Waals surface area contributed by atoms with E-state index in [1.807, 2.05) is 0 Å². The van der Waals surface area contributed by atoms with Crippen molar-refractivity contribution in [3.05, 3.63) is 33.8 Å². The number of halogens is 5.